The fourth-order valence-corrected chi connectivity index (χ4v) is 2.74. The summed E-state index contributed by atoms with van der Waals surface area (Å²) in [5, 5.41) is 0. The molecule has 19 heavy (non-hydrogen) atoms. The molecule has 0 unspecified atom stereocenters. The zero-order valence-corrected chi connectivity index (χ0v) is 14.5. The Hall–Kier alpha value is 1.18. The van der Waals surface area contributed by atoms with E-state index in [1.54, 1.807) is 0 Å². The van der Waals surface area contributed by atoms with Gasteiger partial charge in [0.15, 0.2) is 0 Å². The Labute approximate surface area is 133 Å². The highest BCUT2D eigenvalue weighted by molar-refractivity contribution is 7.41. The molecule has 0 aliphatic rings. The third-order valence-corrected chi connectivity index (χ3v) is 4.16. The summed E-state index contributed by atoms with van der Waals surface area (Å²) in [4.78, 5) is 0. The van der Waals surface area contributed by atoms with E-state index in [9.17, 15) is 0 Å². The Morgan fingerprint density at radius 2 is 0.842 bits per heavy atom. The van der Waals surface area contributed by atoms with Crippen molar-refractivity contribution in [2.45, 2.75) is 38.5 Å². The van der Waals surface area contributed by atoms with Crippen molar-refractivity contribution in [1.29, 1.82) is 0 Å². The van der Waals surface area contributed by atoms with Gasteiger partial charge in [-0.3, -0.25) is 0 Å². The van der Waals surface area contributed by atoms with E-state index in [0.717, 1.165) is 38.5 Å². The molecule has 0 rings (SSSR count). The van der Waals surface area contributed by atoms with Gasteiger partial charge in [0.2, 0.25) is 0 Å². The van der Waals surface area contributed by atoms with Crippen LogP contribution in [0.15, 0.2) is 0 Å². The maximum absolute atomic E-state index is 5.62. The highest BCUT2D eigenvalue weighted by Gasteiger charge is 2.12. The Morgan fingerprint density at radius 3 is 1.11 bits per heavy atom. The summed E-state index contributed by atoms with van der Waals surface area (Å²) in [5.41, 5.74) is 0. The van der Waals surface area contributed by atoms with Crippen molar-refractivity contribution in [2.24, 2.45) is 0 Å². The molecule has 0 heterocycles. The van der Waals surface area contributed by atoms with Gasteiger partial charge in [-0.05, 0) is 38.5 Å². The summed E-state index contributed by atoms with van der Waals surface area (Å²) in [6.07, 6.45) is 5.63. The van der Waals surface area contributed by atoms with Gasteiger partial charge < -0.3 is 13.6 Å². The Morgan fingerprint density at radius 1 is 0.526 bits per heavy atom. The van der Waals surface area contributed by atoms with Gasteiger partial charge in [0, 0.05) is 17.6 Å². The van der Waals surface area contributed by atoms with Crippen molar-refractivity contribution in [3.8, 4) is 0 Å². The monoisotopic (exact) mass is 352 g/mol. The van der Waals surface area contributed by atoms with E-state index in [-0.39, 0.29) is 0 Å². The van der Waals surface area contributed by atoms with Crippen LogP contribution in [0.1, 0.15) is 38.5 Å². The molecular weight excluding hydrogens is 329 g/mol. The lowest BCUT2D eigenvalue weighted by molar-refractivity contribution is 0.156. The first-order chi connectivity index (χ1) is 9.35. The number of hydrogen-bond donors (Lipinski definition) is 0. The van der Waals surface area contributed by atoms with Gasteiger partial charge >= 0.3 is 8.60 Å². The van der Waals surface area contributed by atoms with Gasteiger partial charge in [0.1, 0.15) is 0 Å². The van der Waals surface area contributed by atoms with Gasteiger partial charge in [0.25, 0.3) is 0 Å². The molecule has 0 aliphatic heterocycles. The standard InChI is InChI=1S/C12H24Cl3O3P/c13-7-1-4-10-16-19(17-11-5-2-8-14)18-12-6-3-9-15/h1-12H2. The zero-order chi connectivity index (χ0) is 14.2. The van der Waals surface area contributed by atoms with E-state index in [1.165, 1.54) is 0 Å². The van der Waals surface area contributed by atoms with Crippen LogP contribution < -0.4 is 0 Å². The Bertz CT molecular complexity index is 150. The lowest BCUT2D eigenvalue weighted by atomic mass is 10.4. The molecule has 0 aliphatic carbocycles. The molecule has 7 heteroatoms. The maximum Gasteiger partial charge on any atom is 0.332 e. The molecule has 0 saturated carbocycles. The Kier molecular flexibility index (Phi) is 18.3. The minimum Gasteiger partial charge on any atom is -0.312 e. The van der Waals surface area contributed by atoms with Crippen LogP contribution in [0.4, 0.5) is 0 Å². The lowest BCUT2D eigenvalue weighted by Gasteiger charge is -2.16. The van der Waals surface area contributed by atoms with Gasteiger partial charge in [0.05, 0.1) is 19.8 Å². The normalized spacial score (nSPS) is 11.4. The third-order valence-electron chi connectivity index (χ3n) is 2.17. The summed E-state index contributed by atoms with van der Waals surface area (Å²) >= 11 is 16.8. The zero-order valence-electron chi connectivity index (χ0n) is 11.3. The van der Waals surface area contributed by atoms with Crippen LogP contribution in [0.2, 0.25) is 0 Å². The van der Waals surface area contributed by atoms with Crippen molar-refractivity contribution >= 4 is 43.4 Å². The van der Waals surface area contributed by atoms with Crippen molar-refractivity contribution in [2.75, 3.05) is 37.5 Å². The van der Waals surface area contributed by atoms with E-state index < -0.39 is 8.60 Å². The number of halogens is 3. The summed E-state index contributed by atoms with van der Waals surface area (Å²) in [6, 6.07) is 0. The molecule has 0 spiro atoms. The smallest absolute Gasteiger partial charge is 0.312 e. The van der Waals surface area contributed by atoms with Crippen LogP contribution in [0.3, 0.4) is 0 Å². The summed E-state index contributed by atoms with van der Waals surface area (Å²) < 4.78 is 16.8. The van der Waals surface area contributed by atoms with Crippen LogP contribution in [0, 0.1) is 0 Å². The van der Waals surface area contributed by atoms with Crippen LogP contribution >= 0.6 is 43.4 Å². The number of alkyl halides is 3. The number of hydrogen-bond acceptors (Lipinski definition) is 3. The quantitative estimate of drug-likeness (QED) is 0.226. The molecule has 0 radical (unpaired) electrons. The predicted octanol–water partition coefficient (Wildman–Crippen LogP) is 5.32. The second kappa shape index (κ2) is 17.2. The largest absolute Gasteiger partial charge is 0.332 e. The minimum atomic E-state index is -1.24. The van der Waals surface area contributed by atoms with Gasteiger partial charge in [-0.25, -0.2) is 0 Å². The fourth-order valence-electron chi connectivity index (χ4n) is 1.12. The van der Waals surface area contributed by atoms with Crippen molar-refractivity contribution in [1.82, 2.24) is 0 Å². The van der Waals surface area contributed by atoms with E-state index in [2.05, 4.69) is 0 Å². The molecule has 0 bridgehead atoms. The maximum atomic E-state index is 5.62. The fraction of sp³-hybridized carbons (Fsp3) is 1.00. The summed E-state index contributed by atoms with van der Waals surface area (Å²) in [7, 11) is -1.24. The molecule has 0 N–H and O–H groups in total. The molecule has 0 atom stereocenters. The van der Waals surface area contributed by atoms with E-state index in [4.69, 9.17) is 48.4 Å². The average Bonchev–Trinajstić information content (AvgIpc) is 2.43. The van der Waals surface area contributed by atoms with Crippen molar-refractivity contribution < 1.29 is 13.6 Å². The van der Waals surface area contributed by atoms with Gasteiger partial charge in [-0.2, -0.15) is 0 Å². The van der Waals surface area contributed by atoms with E-state index in [1.807, 2.05) is 0 Å². The summed E-state index contributed by atoms with van der Waals surface area (Å²) in [6.45, 7) is 1.89. The lowest BCUT2D eigenvalue weighted by Crippen LogP contribution is -2.01. The van der Waals surface area contributed by atoms with Crippen LogP contribution in [-0.4, -0.2) is 37.5 Å². The van der Waals surface area contributed by atoms with Crippen molar-refractivity contribution in [3.05, 3.63) is 0 Å². The van der Waals surface area contributed by atoms with Crippen LogP contribution in [-0.2, 0) is 13.6 Å². The summed E-state index contributed by atoms with van der Waals surface area (Å²) in [5.74, 6) is 1.98. The molecule has 0 aromatic carbocycles. The topological polar surface area (TPSA) is 27.7 Å². The van der Waals surface area contributed by atoms with E-state index in [0.29, 0.717) is 37.5 Å². The first kappa shape index (κ1) is 20.2. The SMILES string of the molecule is ClCCCCOP(OCCCCCl)OCCCCCl. The average molecular weight is 354 g/mol. The van der Waals surface area contributed by atoms with Gasteiger partial charge in [-0.1, -0.05) is 0 Å². The molecule has 0 aromatic rings. The second-order valence-corrected chi connectivity index (χ2v) is 6.27. The third kappa shape index (κ3) is 15.4. The number of unbranched alkanes of at least 4 members (excludes halogenated alkanes) is 3. The van der Waals surface area contributed by atoms with Gasteiger partial charge in [-0.15, -0.1) is 34.8 Å². The molecule has 0 aromatic heterocycles. The molecule has 0 fully saturated rings. The first-order valence-electron chi connectivity index (χ1n) is 6.72. The molecule has 0 amide bonds. The highest BCUT2D eigenvalue weighted by atomic mass is 35.5. The van der Waals surface area contributed by atoms with E-state index >= 15 is 0 Å². The van der Waals surface area contributed by atoms with Crippen molar-refractivity contribution in [3.63, 3.8) is 0 Å². The molecule has 3 nitrogen and oxygen atoms in total. The number of rotatable bonds is 15. The predicted molar refractivity (Wildman–Crippen MR) is 84.6 cm³/mol. The minimum absolute atomic E-state index is 0.628. The van der Waals surface area contributed by atoms with Crippen LogP contribution in [0.25, 0.3) is 0 Å². The first-order valence-corrected chi connectivity index (χ1v) is 9.41. The second-order valence-electron chi connectivity index (χ2n) is 3.91. The molecule has 116 valence electrons. The molecule has 0 saturated heterocycles. The van der Waals surface area contributed by atoms with Crippen LogP contribution in [0.5, 0.6) is 0 Å². The molecular formula is C12H24Cl3O3P. The Balaban J connectivity index is 3.66. The highest BCUT2D eigenvalue weighted by Crippen LogP contribution is 2.40.